The van der Waals surface area contributed by atoms with Crippen LogP contribution in [0.25, 0.3) is 22.8 Å². The Morgan fingerprint density at radius 2 is 1.45 bits per heavy atom. The molecular weight excluding hydrogens is 424 g/mol. The summed E-state index contributed by atoms with van der Waals surface area (Å²) in [4.78, 5) is 19.8. The van der Waals surface area contributed by atoms with Crippen molar-refractivity contribution in [3.05, 3.63) is 72.4 Å². The molecule has 10 nitrogen and oxygen atoms in total. The Morgan fingerprint density at radius 3 is 1.91 bits per heavy atom. The van der Waals surface area contributed by atoms with Gasteiger partial charge in [0.15, 0.2) is 11.5 Å². The minimum atomic E-state index is -0.523. The minimum Gasteiger partial charge on any atom is -0.444 e. The molecule has 4 rings (SSSR count). The summed E-state index contributed by atoms with van der Waals surface area (Å²) in [5.41, 5.74) is 7.74. The molecule has 0 aliphatic rings. The molecule has 4 heterocycles. The molecule has 0 bridgehead atoms. The molecule has 1 amide bonds. The third-order valence-corrected chi connectivity index (χ3v) is 3.98. The number of pyridine rings is 2. The maximum Gasteiger partial charge on any atom is 0.408 e. The topological polar surface area (TPSA) is 142 Å². The van der Waals surface area contributed by atoms with Gasteiger partial charge in [-0.3, -0.25) is 9.97 Å². The first-order valence-electron chi connectivity index (χ1n) is 10.2. The third-order valence-electron chi connectivity index (χ3n) is 3.98. The molecular formula is C23H26N6O4. The first-order valence-corrected chi connectivity index (χ1v) is 10.2. The van der Waals surface area contributed by atoms with Gasteiger partial charge in [-0.25, -0.2) is 4.79 Å². The number of nitrogens with zero attached hydrogens (tertiary/aromatic N) is 4. The number of amides is 1. The van der Waals surface area contributed by atoms with Crippen molar-refractivity contribution >= 4 is 6.09 Å². The molecule has 0 saturated heterocycles. The third kappa shape index (κ3) is 7.54. The van der Waals surface area contributed by atoms with Crippen molar-refractivity contribution in [2.24, 2.45) is 5.73 Å². The van der Waals surface area contributed by atoms with Crippen LogP contribution in [0.15, 0.2) is 70.0 Å². The van der Waals surface area contributed by atoms with Gasteiger partial charge >= 0.3 is 6.09 Å². The van der Waals surface area contributed by atoms with E-state index in [-0.39, 0.29) is 6.54 Å². The van der Waals surface area contributed by atoms with E-state index >= 15 is 0 Å². The number of hydrogen-bond acceptors (Lipinski definition) is 9. The molecule has 0 aliphatic heterocycles. The second-order valence-electron chi connectivity index (χ2n) is 7.85. The van der Waals surface area contributed by atoms with Gasteiger partial charge in [-0.15, -0.1) is 0 Å². The standard InChI is InChI=1S/C14H17N3O3.C9H9N3O/c1-14(2,3)19-13(18)16-9-10-8-12(17-20-10)11-6-4-5-7-15-11;10-6-7-5-9(12-13-7)8-3-1-2-4-11-8/h4-8H,9H2,1-3H3,(H,16,18);1-5H,6,10H2. The van der Waals surface area contributed by atoms with Gasteiger partial charge in [-0.2, -0.15) is 0 Å². The first kappa shape index (κ1) is 23.6. The lowest BCUT2D eigenvalue weighted by Crippen LogP contribution is -2.32. The number of alkyl carbamates (subject to hydrolysis) is 1. The highest BCUT2D eigenvalue weighted by Gasteiger charge is 2.16. The number of aromatic nitrogens is 4. The predicted molar refractivity (Wildman–Crippen MR) is 120 cm³/mol. The van der Waals surface area contributed by atoms with Crippen molar-refractivity contribution in [3.8, 4) is 22.8 Å². The van der Waals surface area contributed by atoms with Crippen molar-refractivity contribution in [3.63, 3.8) is 0 Å². The summed E-state index contributed by atoms with van der Waals surface area (Å²) in [6.07, 6.45) is 2.91. The zero-order chi connectivity index (χ0) is 23.7. The van der Waals surface area contributed by atoms with E-state index in [9.17, 15) is 4.79 Å². The van der Waals surface area contributed by atoms with Gasteiger partial charge in [0.1, 0.15) is 17.0 Å². The van der Waals surface area contributed by atoms with E-state index in [0.29, 0.717) is 23.8 Å². The number of carbonyl (C=O) groups is 1. The maximum atomic E-state index is 11.5. The molecule has 4 aromatic rings. The number of ether oxygens (including phenoxy) is 1. The summed E-state index contributed by atoms with van der Waals surface area (Å²) in [5, 5.41) is 10.4. The molecule has 0 spiro atoms. The van der Waals surface area contributed by atoms with Crippen molar-refractivity contribution in [2.75, 3.05) is 0 Å². The Bertz CT molecular complexity index is 1140. The highest BCUT2D eigenvalue weighted by Crippen LogP contribution is 2.16. The Balaban J connectivity index is 0.000000203. The van der Waals surface area contributed by atoms with Crippen LogP contribution < -0.4 is 11.1 Å². The van der Waals surface area contributed by atoms with E-state index < -0.39 is 11.7 Å². The van der Waals surface area contributed by atoms with E-state index in [0.717, 1.165) is 17.1 Å². The lowest BCUT2D eigenvalue weighted by atomic mass is 10.2. The van der Waals surface area contributed by atoms with Crippen molar-refractivity contribution in [1.82, 2.24) is 25.6 Å². The van der Waals surface area contributed by atoms with Crippen LogP contribution in [-0.2, 0) is 17.8 Å². The van der Waals surface area contributed by atoms with Crippen LogP contribution in [0.4, 0.5) is 4.79 Å². The SMILES string of the molecule is CC(C)(C)OC(=O)NCc1cc(-c2ccccn2)no1.NCc1cc(-c2ccccn2)no1. The lowest BCUT2D eigenvalue weighted by Gasteiger charge is -2.19. The van der Waals surface area contributed by atoms with Gasteiger partial charge in [0, 0.05) is 24.5 Å². The second-order valence-corrected chi connectivity index (χ2v) is 7.85. The smallest absolute Gasteiger partial charge is 0.408 e. The van der Waals surface area contributed by atoms with Crippen molar-refractivity contribution in [2.45, 2.75) is 39.5 Å². The molecule has 0 aliphatic carbocycles. The summed E-state index contributed by atoms with van der Waals surface area (Å²) < 4.78 is 15.2. The number of carbonyl (C=O) groups excluding carboxylic acids is 1. The minimum absolute atomic E-state index is 0.217. The van der Waals surface area contributed by atoms with Crippen LogP contribution in [-0.4, -0.2) is 32.0 Å². The Hall–Kier alpha value is -4.05. The Labute approximate surface area is 191 Å². The molecule has 4 aromatic heterocycles. The van der Waals surface area contributed by atoms with Crippen LogP contribution >= 0.6 is 0 Å². The number of hydrogen-bond donors (Lipinski definition) is 2. The van der Waals surface area contributed by atoms with Crippen LogP contribution in [0.3, 0.4) is 0 Å². The molecule has 3 N–H and O–H groups in total. The molecule has 0 radical (unpaired) electrons. The lowest BCUT2D eigenvalue weighted by molar-refractivity contribution is 0.0519. The Morgan fingerprint density at radius 1 is 0.909 bits per heavy atom. The largest absolute Gasteiger partial charge is 0.444 e. The van der Waals surface area contributed by atoms with Gasteiger partial charge in [-0.05, 0) is 45.0 Å². The number of nitrogens with two attached hydrogens (primary N) is 1. The van der Waals surface area contributed by atoms with Gasteiger partial charge in [-0.1, -0.05) is 22.4 Å². The fourth-order valence-corrected chi connectivity index (χ4v) is 2.55. The number of rotatable bonds is 5. The summed E-state index contributed by atoms with van der Waals surface area (Å²) in [7, 11) is 0. The molecule has 0 aromatic carbocycles. The van der Waals surface area contributed by atoms with Gasteiger partial charge in [0.05, 0.1) is 24.5 Å². The van der Waals surface area contributed by atoms with Crippen LogP contribution in [0.5, 0.6) is 0 Å². The monoisotopic (exact) mass is 450 g/mol. The van der Waals surface area contributed by atoms with E-state index in [4.69, 9.17) is 19.5 Å². The zero-order valence-electron chi connectivity index (χ0n) is 18.7. The van der Waals surface area contributed by atoms with Crippen molar-refractivity contribution < 1.29 is 18.6 Å². The first-order chi connectivity index (χ1) is 15.8. The molecule has 33 heavy (non-hydrogen) atoms. The zero-order valence-corrected chi connectivity index (χ0v) is 18.7. The molecule has 0 unspecified atom stereocenters. The van der Waals surface area contributed by atoms with Gasteiger partial charge < -0.3 is 24.8 Å². The molecule has 0 fully saturated rings. The molecule has 10 heteroatoms. The average Bonchev–Trinajstić information content (AvgIpc) is 3.48. The highest BCUT2D eigenvalue weighted by molar-refractivity contribution is 5.67. The highest BCUT2D eigenvalue weighted by atomic mass is 16.6. The van der Waals surface area contributed by atoms with Crippen LogP contribution in [0.1, 0.15) is 32.3 Å². The Kier molecular flexibility index (Phi) is 7.87. The van der Waals surface area contributed by atoms with Crippen LogP contribution in [0.2, 0.25) is 0 Å². The molecule has 0 saturated carbocycles. The van der Waals surface area contributed by atoms with E-state index in [1.165, 1.54) is 0 Å². The number of nitrogens with one attached hydrogen (secondary N) is 1. The van der Waals surface area contributed by atoms with Crippen LogP contribution in [0, 0.1) is 0 Å². The fraction of sp³-hybridized carbons (Fsp3) is 0.261. The maximum absolute atomic E-state index is 11.5. The van der Waals surface area contributed by atoms with E-state index in [2.05, 4.69) is 25.6 Å². The van der Waals surface area contributed by atoms with E-state index in [1.807, 2.05) is 36.4 Å². The average molecular weight is 450 g/mol. The summed E-state index contributed by atoms with van der Waals surface area (Å²) in [6.45, 7) is 6.00. The summed E-state index contributed by atoms with van der Waals surface area (Å²) in [5.74, 6) is 1.21. The normalized spacial score (nSPS) is 10.8. The molecule has 0 atom stereocenters. The van der Waals surface area contributed by atoms with Gasteiger partial charge in [0.25, 0.3) is 0 Å². The quantitative estimate of drug-likeness (QED) is 0.462. The van der Waals surface area contributed by atoms with Gasteiger partial charge in [0.2, 0.25) is 0 Å². The van der Waals surface area contributed by atoms with Crippen molar-refractivity contribution in [1.29, 1.82) is 0 Å². The molecule has 172 valence electrons. The van der Waals surface area contributed by atoms with E-state index in [1.54, 1.807) is 45.3 Å². The fourth-order valence-electron chi connectivity index (χ4n) is 2.55. The summed E-state index contributed by atoms with van der Waals surface area (Å²) >= 11 is 0. The second kappa shape index (κ2) is 11.0. The predicted octanol–water partition coefficient (Wildman–Crippen LogP) is 3.96. The summed E-state index contributed by atoms with van der Waals surface area (Å²) in [6, 6.07) is 14.7.